The van der Waals surface area contributed by atoms with E-state index in [1.807, 2.05) is 18.2 Å². The molecule has 0 unspecified atom stereocenters. The molecule has 0 saturated carbocycles. The highest BCUT2D eigenvalue weighted by molar-refractivity contribution is 5.75. The van der Waals surface area contributed by atoms with Gasteiger partial charge in [-0.2, -0.15) is 0 Å². The molecule has 0 radical (unpaired) electrons. The van der Waals surface area contributed by atoms with E-state index in [-0.39, 0.29) is 0 Å². The van der Waals surface area contributed by atoms with E-state index in [4.69, 9.17) is 0 Å². The summed E-state index contributed by atoms with van der Waals surface area (Å²) in [6.45, 7) is 2.21. The van der Waals surface area contributed by atoms with Gasteiger partial charge in [0.2, 0.25) is 0 Å². The molecule has 0 amide bonds. The number of benzene rings is 1. The van der Waals surface area contributed by atoms with Crippen LogP contribution in [0.2, 0.25) is 0 Å². The van der Waals surface area contributed by atoms with Crippen molar-refractivity contribution in [2.75, 3.05) is 4.90 Å². The molecule has 0 saturated heterocycles. The van der Waals surface area contributed by atoms with Gasteiger partial charge in [-0.05, 0) is 42.7 Å². The summed E-state index contributed by atoms with van der Waals surface area (Å²) >= 11 is 0. The van der Waals surface area contributed by atoms with Gasteiger partial charge in [0.05, 0.1) is 11.4 Å². The Kier molecular flexibility index (Phi) is 2.80. The van der Waals surface area contributed by atoms with Crippen LogP contribution in [0, 0.1) is 0 Å². The minimum absolute atomic E-state index is 0.477. The first-order chi connectivity index (χ1) is 10.4. The largest absolute Gasteiger partial charge is 0.306 e. The van der Waals surface area contributed by atoms with Gasteiger partial charge in [-0.3, -0.25) is 0 Å². The van der Waals surface area contributed by atoms with E-state index >= 15 is 0 Å². The van der Waals surface area contributed by atoms with Gasteiger partial charge >= 0.3 is 0 Å². The van der Waals surface area contributed by atoms with Gasteiger partial charge in [0.15, 0.2) is 0 Å². The summed E-state index contributed by atoms with van der Waals surface area (Å²) in [5, 5.41) is 0. The monoisotopic (exact) mass is 271 g/mol. The molecule has 1 heteroatoms. The first kappa shape index (κ1) is 12.3. The summed E-state index contributed by atoms with van der Waals surface area (Å²) in [7, 11) is 0. The lowest BCUT2D eigenvalue weighted by atomic mass is 9.89. The van der Waals surface area contributed by atoms with Crippen molar-refractivity contribution >= 4 is 5.69 Å². The van der Waals surface area contributed by atoms with Gasteiger partial charge in [-0.25, -0.2) is 0 Å². The highest BCUT2D eigenvalue weighted by Gasteiger charge is 2.36. The van der Waals surface area contributed by atoms with Crippen molar-refractivity contribution in [1.82, 2.24) is 0 Å². The van der Waals surface area contributed by atoms with E-state index in [2.05, 4.69) is 66.1 Å². The molecule has 102 valence electrons. The first-order valence-electron chi connectivity index (χ1n) is 7.42. The average Bonchev–Trinajstić information content (AvgIpc) is 2.67. The maximum Gasteiger partial charge on any atom is 0.0888 e. The van der Waals surface area contributed by atoms with Crippen molar-refractivity contribution < 1.29 is 0 Å². The zero-order valence-electron chi connectivity index (χ0n) is 12.1. The van der Waals surface area contributed by atoms with Gasteiger partial charge < -0.3 is 4.90 Å². The number of hydrogen-bond acceptors (Lipinski definition) is 1. The number of allylic oxidation sites excluding steroid dienone is 8. The molecule has 1 aromatic rings. The van der Waals surface area contributed by atoms with Crippen LogP contribution in [0.25, 0.3) is 0 Å². The molecule has 3 aliphatic rings. The summed E-state index contributed by atoms with van der Waals surface area (Å²) in [5.74, 6) is 0.477. The van der Waals surface area contributed by atoms with Crippen LogP contribution in [0.1, 0.15) is 24.8 Å². The standard InChI is InChI=1S/C20H17N/c1-15-9-8-13-18-17-12-6-7-14-19(17)21(20(15)18)16-10-4-2-3-5-11-16/h2-10,12,14,18H,13H2,1H3/t18-/m0/s1. The zero-order valence-corrected chi connectivity index (χ0v) is 12.1. The number of rotatable bonds is 1. The van der Waals surface area contributed by atoms with Gasteiger partial charge in [0.25, 0.3) is 0 Å². The second-order valence-electron chi connectivity index (χ2n) is 5.59. The lowest BCUT2D eigenvalue weighted by molar-refractivity contribution is 0.801. The number of nitrogens with zero attached hydrogens (tertiary/aromatic N) is 1. The van der Waals surface area contributed by atoms with Gasteiger partial charge in [-0.1, -0.05) is 54.3 Å². The SMILES string of the molecule is CC1=C2[C@@H](CC=C1)c1ccccc1N2C1=C=CC=CC=C1. The molecule has 0 spiro atoms. The van der Waals surface area contributed by atoms with Crippen molar-refractivity contribution in [2.24, 2.45) is 0 Å². The predicted octanol–water partition coefficient (Wildman–Crippen LogP) is 4.99. The first-order valence-corrected chi connectivity index (χ1v) is 7.42. The Morgan fingerprint density at radius 2 is 2.00 bits per heavy atom. The maximum absolute atomic E-state index is 3.40. The molecule has 0 bridgehead atoms. The number of para-hydroxylation sites is 1. The molecule has 0 aromatic heterocycles. The topological polar surface area (TPSA) is 3.24 Å². The Bertz CT molecular complexity index is 780. The quantitative estimate of drug-likeness (QED) is 0.650. The molecule has 1 aromatic carbocycles. The molecule has 0 fully saturated rings. The third-order valence-corrected chi connectivity index (χ3v) is 4.31. The van der Waals surface area contributed by atoms with Crippen LogP contribution in [-0.4, -0.2) is 0 Å². The minimum Gasteiger partial charge on any atom is -0.306 e. The normalized spacial score (nSPS) is 22.2. The van der Waals surface area contributed by atoms with Crippen molar-refractivity contribution in [3.8, 4) is 0 Å². The molecule has 1 heterocycles. The summed E-state index contributed by atoms with van der Waals surface area (Å²) in [5.41, 5.74) is 9.99. The fraction of sp³-hybridized carbons (Fsp3) is 0.150. The van der Waals surface area contributed by atoms with Gasteiger partial charge in [0.1, 0.15) is 0 Å². The highest BCUT2D eigenvalue weighted by atomic mass is 15.2. The fourth-order valence-electron chi connectivity index (χ4n) is 3.42. The second kappa shape index (κ2) is 4.80. The van der Waals surface area contributed by atoms with Gasteiger partial charge in [-0.15, -0.1) is 0 Å². The van der Waals surface area contributed by atoms with Crippen molar-refractivity contribution in [3.05, 3.63) is 95.1 Å². The Morgan fingerprint density at radius 1 is 1.10 bits per heavy atom. The summed E-state index contributed by atoms with van der Waals surface area (Å²) in [6, 6.07) is 8.74. The van der Waals surface area contributed by atoms with Crippen LogP contribution >= 0.6 is 0 Å². The molecule has 1 nitrogen and oxygen atoms in total. The Labute approximate surface area is 125 Å². The third-order valence-electron chi connectivity index (χ3n) is 4.31. The number of anilines is 1. The lowest BCUT2D eigenvalue weighted by Crippen LogP contribution is -2.20. The van der Waals surface area contributed by atoms with E-state index in [9.17, 15) is 0 Å². The smallest absolute Gasteiger partial charge is 0.0888 e. The van der Waals surface area contributed by atoms with Crippen molar-refractivity contribution in [1.29, 1.82) is 0 Å². The highest BCUT2D eigenvalue weighted by Crippen LogP contribution is 2.50. The minimum atomic E-state index is 0.477. The Balaban J connectivity index is 1.96. The molecular weight excluding hydrogens is 254 g/mol. The summed E-state index contributed by atoms with van der Waals surface area (Å²) in [4.78, 5) is 2.37. The Hall–Kier alpha value is -2.50. The number of hydrogen-bond donors (Lipinski definition) is 0. The number of fused-ring (bicyclic) bond motifs is 3. The van der Waals surface area contributed by atoms with Gasteiger partial charge in [0, 0.05) is 11.6 Å². The van der Waals surface area contributed by atoms with E-state index in [1.165, 1.54) is 22.5 Å². The Morgan fingerprint density at radius 3 is 2.95 bits per heavy atom. The van der Waals surface area contributed by atoms with E-state index in [0.717, 1.165) is 12.1 Å². The molecule has 21 heavy (non-hydrogen) atoms. The average molecular weight is 271 g/mol. The van der Waals surface area contributed by atoms with Crippen molar-refractivity contribution in [3.63, 3.8) is 0 Å². The molecule has 0 N–H and O–H groups in total. The molecule has 4 rings (SSSR count). The lowest BCUT2D eigenvalue weighted by Gasteiger charge is -2.26. The molecule has 2 aliphatic carbocycles. The second-order valence-corrected chi connectivity index (χ2v) is 5.59. The predicted molar refractivity (Wildman–Crippen MR) is 88.0 cm³/mol. The molecule has 1 aliphatic heterocycles. The van der Waals surface area contributed by atoms with E-state index in [0.29, 0.717) is 5.92 Å². The third kappa shape index (κ3) is 1.86. The van der Waals surface area contributed by atoms with Crippen LogP contribution in [0.5, 0.6) is 0 Å². The van der Waals surface area contributed by atoms with Crippen LogP contribution < -0.4 is 4.90 Å². The van der Waals surface area contributed by atoms with Crippen LogP contribution in [-0.2, 0) is 0 Å². The van der Waals surface area contributed by atoms with E-state index < -0.39 is 0 Å². The van der Waals surface area contributed by atoms with Crippen LogP contribution in [0.15, 0.2) is 89.5 Å². The summed E-state index contributed by atoms with van der Waals surface area (Å²) < 4.78 is 0. The summed E-state index contributed by atoms with van der Waals surface area (Å²) in [6.07, 6.45) is 15.9. The maximum atomic E-state index is 3.40. The zero-order chi connectivity index (χ0) is 14.2. The van der Waals surface area contributed by atoms with Crippen molar-refractivity contribution in [2.45, 2.75) is 19.3 Å². The fourth-order valence-corrected chi connectivity index (χ4v) is 3.42. The van der Waals surface area contributed by atoms with Crippen LogP contribution in [0.4, 0.5) is 5.69 Å². The molecular formula is C20H17N. The van der Waals surface area contributed by atoms with E-state index in [1.54, 1.807) is 0 Å². The van der Waals surface area contributed by atoms with Crippen LogP contribution in [0.3, 0.4) is 0 Å². The molecule has 1 atom stereocenters.